The summed E-state index contributed by atoms with van der Waals surface area (Å²) in [4.78, 5) is 28.9. The van der Waals surface area contributed by atoms with Crippen LogP contribution in [0.25, 0.3) is 0 Å². The first-order chi connectivity index (χ1) is 18.1. The average Bonchev–Trinajstić information content (AvgIpc) is 3.25. The molecule has 0 spiro atoms. The van der Waals surface area contributed by atoms with Crippen molar-refractivity contribution in [3.05, 3.63) is 101 Å². The highest BCUT2D eigenvalue weighted by Crippen LogP contribution is 2.43. The number of carbonyl (C=O) groups is 2. The number of nitrogens with zero attached hydrogens (tertiary/aromatic N) is 1. The van der Waals surface area contributed by atoms with Gasteiger partial charge in [0.15, 0.2) is 6.10 Å². The van der Waals surface area contributed by atoms with E-state index < -0.39 is 48.8 Å². The molecule has 2 aliphatic heterocycles. The molecule has 3 aromatic rings. The molecule has 0 radical (unpaired) electrons. The number of carbonyl (C=O) groups excluding carboxylic acids is 2. The third-order valence-electron chi connectivity index (χ3n) is 6.72. The van der Waals surface area contributed by atoms with E-state index in [4.69, 9.17) is 14.1 Å². The second kappa shape index (κ2) is 10.2. The van der Waals surface area contributed by atoms with Crippen LogP contribution in [0.15, 0.2) is 72.8 Å². The van der Waals surface area contributed by atoms with Gasteiger partial charge in [-0.2, -0.15) is 0 Å². The quantitative estimate of drug-likeness (QED) is 0.412. The molecule has 0 aliphatic carbocycles. The van der Waals surface area contributed by atoms with Gasteiger partial charge in [0, 0.05) is 6.42 Å². The smallest absolute Gasteiger partial charge is 0.453 e. The Kier molecular flexibility index (Phi) is 6.98. The summed E-state index contributed by atoms with van der Waals surface area (Å²) < 4.78 is 31.7. The highest BCUT2D eigenvalue weighted by molar-refractivity contribution is 6.61. The van der Waals surface area contributed by atoms with Crippen LogP contribution in [0.2, 0.25) is 0 Å². The van der Waals surface area contributed by atoms with Crippen molar-refractivity contribution in [2.24, 2.45) is 0 Å². The number of morpholine rings is 1. The maximum absolute atomic E-state index is 14.6. The van der Waals surface area contributed by atoms with Crippen LogP contribution in [-0.4, -0.2) is 40.7 Å². The molecule has 1 amide bonds. The summed E-state index contributed by atoms with van der Waals surface area (Å²) in [7, 11) is -1.25. The second-order valence-electron chi connectivity index (χ2n) is 10.5. The molecule has 196 valence electrons. The second-order valence-corrected chi connectivity index (χ2v) is 10.5. The summed E-state index contributed by atoms with van der Waals surface area (Å²) in [6.45, 7) is 5.33. The molecule has 1 saturated heterocycles. The third-order valence-corrected chi connectivity index (χ3v) is 6.72. The Labute approximate surface area is 221 Å². The number of ether oxygens (including phenoxy) is 2. The van der Waals surface area contributed by atoms with E-state index in [2.05, 4.69) is 0 Å². The van der Waals surface area contributed by atoms with Crippen molar-refractivity contribution in [1.29, 1.82) is 0 Å². The molecule has 3 aromatic carbocycles. The largest absolute Gasteiger partial charge is 0.491 e. The minimum atomic E-state index is -1.25. The number of fused-ring (bicyclic) bond motifs is 1. The molecule has 3 atom stereocenters. The van der Waals surface area contributed by atoms with E-state index >= 15 is 0 Å². The minimum absolute atomic E-state index is 0.0426. The summed E-state index contributed by atoms with van der Waals surface area (Å²) in [5.74, 6) is -1.20. The van der Waals surface area contributed by atoms with E-state index in [1.54, 1.807) is 20.8 Å². The molecule has 5 rings (SSSR count). The first-order valence-corrected chi connectivity index (χ1v) is 12.5. The van der Waals surface area contributed by atoms with Gasteiger partial charge in [0.05, 0.1) is 6.61 Å². The van der Waals surface area contributed by atoms with Gasteiger partial charge in [0.25, 0.3) is 0 Å². The molecule has 0 bridgehead atoms. The number of hydrogen-bond donors (Lipinski definition) is 1. The normalized spacial score (nSPS) is 21.2. The molecule has 0 unspecified atom stereocenters. The van der Waals surface area contributed by atoms with Gasteiger partial charge in [-0.25, -0.2) is 14.0 Å². The molecule has 2 aliphatic rings. The van der Waals surface area contributed by atoms with Crippen molar-refractivity contribution in [3.63, 3.8) is 0 Å². The van der Waals surface area contributed by atoms with Crippen LogP contribution in [0, 0.1) is 5.82 Å². The molecule has 0 saturated carbocycles. The zero-order valence-corrected chi connectivity index (χ0v) is 21.5. The number of halogens is 1. The first kappa shape index (κ1) is 25.9. The van der Waals surface area contributed by atoms with Gasteiger partial charge in [-0.3, -0.25) is 4.90 Å². The van der Waals surface area contributed by atoms with Gasteiger partial charge in [0.1, 0.15) is 23.5 Å². The summed E-state index contributed by atoms with van der Waals surface area (Å²) in [6.07, 6.45) is -1.52. The summed E-state index contributed by atoms with van der Waals surface area (Å²) in [5, 5.41) is 10.1. The van der Waals surface area contributed by atoms with Gasteiger partial charge >= 0.3 is 19.2 Å². The standard InChI is InChI=1S/C29H29BFNO6/c1-29(2,3)38-28(34)32-24(15-20-14-21(31)16-23-22(20)17-36-30(23)35)27(33)37-26(19-12-8-5-9-13-19)25(32)18-10-6-4-7-11-18/h4-14,16,24-26,35H,15,17H2,1-3H3/t24-,25-,26+/m0/s1. The van der Waals surface area contributed by atoms with E-state index in [-0.39, 0.29) is 13.0 Å². The molecule has 38 heavy (non-hydrogen) atoms. The van der Waals surface area contributed by atoms with E-state index in [9.17, 15) is 19.0 Å². The SMILES string of the molecule is CC(C)(C)OC(=O)N1[C@@H](Cc2cc(F)cc3c2COB3O)C(=O)O[C@H](c2ccccc2)[C@@H]1c1ccccc1. The number of benzene rings is 3. The third kappa shape index (κ3) is 5.17. The number of esters is 1. The highest BCUT2D eigenvalue weighted by atomic mass is 19.1. The number of rotatable bonds is 4. The lowest BCUT2D eigenvalue weighted by molar-refractivity contribution is -0.174. The highest BCUT2D eigenvalue weighted by Gasteiger charge is 2.49. The maximum atomic E-state index is 14.6. The van der Waals surface area contributed by atoms with Crippen molar-refractivity contribution in [2.75, 3.05) is 0 Å². The van der Waals surface area contributed by atoms with E-state index in [1.807, 2.05) is 60.7 Å². The van der Waals surface area contributed by atoms with Crippen LogP contribution >= 0.6 is 0 Å². The van der Waals surface area contributed by atoms with Crippen LogP contribution < -0.4 is 5.46 Å². The Hall–Kier alpha value is -3.69. The van der Waals surface area contributed by atoms with Crippen molar-refractivity contribution >= 4 is 24.6 Å². The zero-order valence-electron chi connectivity index (χ0n) is 21.5. The monoisotopic (exact) mass is 517 g/mol. The Morgan fingerprint density at radius 3 is 2.34 bits per heavy atom. The lowest BCUT2D eigenvalue weighted by Crippen LogP contribution is -2.56. The van der Waals surface area contributed by atoms with Gasteiger partial charge in [-0.05, 0) is 60.6 Å². The van der Waals surface area contributed by atoms with Gasteiger partial charge in [0.2, 0.25) is 0 Å². The van der Waals surface area contributed by atoms with E-state index in [0.717, 1.165) is 11.1 Å². The lowest BCUT2D eigenvalue weighted by Gasteiger charge is -2.45. The van der Waals surface area contributed by atoms with E-state index in [0.29, 0.717) is 16.6 Å². The van der Waals surface area contributed by atoms with Crippen LogP contribution in [0.4, 0.5) is 9.18 Å². The molecule has 9 heteroatoms. The number of cyclic esters (lactones) is 1. The van der Waals surface area contributed by atoms with Crippen molar-refractivity contribution in [1.82, 2.24) is 4.90 Å². The van der Waals surface area contributed by atoms with Crippen LogP contribution in [-0.2, 0) is 32.0 Å². The summed E-state index contributed by atoms with van der Waals surface area (Å²) in [5.41, 5.74) is 2.02. The van der Waals surface area contributed by atoms with E-state index in [1.165, 1.54) is 17.0 Å². The fourth-order valence-electron chi connectivity index (χ4n) is 5.09. The summed E-state index contributed by atoms with van der Waals surface area (Å²) in [6, 6.07) is 19.3. The number of hydrogen-bond acceptors (Lipinski definition) is 6. The van der Waals surface area contributed by atoms with Crippen LogP contribution in [0.5, 0.6) is 0 Å². The first-order valence-electron chi connectivity index (χ1n) is 12.5. The molecule has 1 N–H and O–H groups in total. The van der Waals surface area contributed by atoms with Crippen molar-refractivity contribution in [3.8, 4) is 0 Å². The molecule has 7 nitrogen and oxygen atoms in total. The molecular formula is C29H29BFNO6. The predicted molar refractivity (Wildman–Crippen MR) is 139 cm³/mol. The van der Waals surface area contributed by atoms with Crippen LogP contribution in [0.1, 0.15) is 55.2 Å². The van der Waals surface area contributed by atoms with Gasteiger partial charge in [-0.15, -0.1) is 0 Å². The maximum Gasteiger partial charge on any atom is 0.491 e. The van der Waals surface area contributed by atoms with Gasteiger partial charge < -0.3 is 19.2 Å². The Morgan fingerprint density at radius 1 is 1.08 bits per heavy atom. The fraction of sp³-hybridized carbons (Fsp3) is 0.310. The van der Waals surface area contributed by atoms with Crippen LogP contribution in [0.3, 0.4) is 0 Å². The fourth-order valence-corrected chi connectivity index (χ4v) is 5.09. The molecule has 0 aromatic heterocycles. The zero-order chi connectivity index (χ0) is 27.0. The Morgan fingerprint density at radius 2 is 1.71 bits per heavy atom. The minimum Gasteiger partial charge on any atom is -0.453 e. The van der Waals surface area contributed by atoms with Crippen molar-refractivity contribution < 1.29 is 33.1 Å². The predicted octanol–water partition coefficient (Wildman–Crippen LogP) is 4.23. The van der Waals surface area contributed by atoms with Crippen molar-refractivity contribution in [2.45, 2.75) is 57.6 Å². The Balaban J connectivity index is 1.63. The molecular weight excluding hydrogens is 488 g/mol. The topological polar surface area (TPSA) is 85.3 Å². The molecule has 2 heterocycles. The average molecular weight is 517 g/mol. The number of amides is 1. The molecule has 1 fully saturated rings. The van der Waals surface area contributed by atoms with Gasteiger partial charge in [-0.1, -0.05) is 60.7 Å². The Bertz CT molecular complexity index is 1330. The summed E-state index contributed by atoms with van der Waals surface area (Å²) >= 11 is 0. The lowest BCUT2D eigenvalue weighted by atomic mass is 9.77.